The van der Waals surface area contributed by atoms with Crippen LogP contribution in [0.3, 0.4) is 0 Å². The Labute approximate surface area is 245 Å². The first kappa shape index (κ1) is 26.1. The maximum Gasteiger partial charge on any atom is 0.320 e. The predicted octanol–water partition coefficient (Wildman–Crippen LogP) is 3.69. The third kappa shape index (κ3) is 4.91. The van der Waals surface area contributed by atoms with E-state index in [1.165, 1.54) is 12.8 Å². The highest BCUT2D eigenvalue weighted by molar-refractivity contribution is 5.99. The quantitative estimate of drug-likeness (QED) is 0.343. The molecular weight excluding hydrogens is 530 g/mol. The van der Waals surface area contributed by atoms with Crippen molar-refractivity contribution in [3.63, 3.8) is 0 Å². The van der Waals surface area contributed by atoms with Crippen molar-refractivity contribution in [1.82, 2.24) is 30.2 Å². The minimum atomic E-state index is 0.152. The summed E-state index contributed by atoms with van der Waals surface area (Å²) in [5.41, 5.74) is 2.60. The van der Waals surface area contributed by atoms with Gasteiger partial charge >= 0.3 is 6.01 Å². The Bertz CT molecular complexity index is 1640. The lowest BCUT2D eigenvalue weighted by Crippen LogP contribution is -2.51. The third-order valence-corrected chi connectivity index (χ3v) is 9.47. The number of nitrogens with zero attached hydrogens (tertiary/aromatic N) is 6. The van der Waals surface area contributed by atoms with E-state index in [2.05, 4.69) is 28.1 Å². The van der Waals surface area contributed by atoms with Crippen molar-refractivity contribution in [3.05, 3.63) is 42.1 Å². The van der Waals surface area contributed by atoms with Crippen molar-refractivity contribution < 1.29 is 14.6 Å². The van der Waals surface area contributed by atoms with Crippen LogP contribution in [0.1, 0.15) is 31.2 Å². The fraction of sp³-hybridized carbons (Fsp3) is 0.500. The molecule has 42 heavy (non-hydrogen) atoms. The number of aromatic hydroxyl groups is 1. The van der Waals surface area contributed by atoms with Gasteiger partial charge in [-0.1, -0.05) is 18.2 Å². The molecule has 0 amide bonds. The molecule has 10 heteroatoms. The van der Waals surface area contributed by atoms with Crippen LogP contribution in [0.5, 0.6) is 11.8 Å². The van der Waals surface area contributed by atoms with Crippen LogP contribution >= 0.6 is 0 Å². The summed E-state index contributed by atoms with van der Waals surface area (Å²) in [7, 11) is 0. The first-order valence-electron chi connectivity index (χ1n) is 15.2. The first-order valence-corrected chi connectivity index (χ1v) is 15.2. The van der Waals surface area contributed by atoms with Gasteiger partial charge in [0, 0.05) is 62.0 Å². The lowest BCUT2D eigenvalue weighted by molar-refractivity contribution is 0.0231. The summed E-state index contributed by atoms with van der Waals surface area (Å²) < 4.78 is 12.0. The van der Waals surface area contributed by atoms with E-state index < -0.39 is 0 Å². The molecule has 5 heterocycles. The number of aryl methyl sites for hydroxylation is 1. The fourth-order valence-electron chi connectivity index (χ4n) is 7.04. The number of hydrogen-bond acceptors (Lipinski definition) is 10. The number of ether oxygens (including phenoxy) is 2. The normalized spacial score (nSPS) is 23.5. The topological polar surface area (TPSA) is 109 Å². The van der Waals surface area contributed by atoms with Crippen LogP contribution in [0.15, 0.2) is 36.5 Å². The summed E-state index contributed by atoms with van der Waals surface area (Å²) in [4.78, 5) is 24.5. The van der Waals surface area contributed by atoms with Crippen LogP contribution in [-0.2, 0) is 4.74 Å². The highest BCUT2D eigenvalue weighted by Crippen LogP contribution is 2.46. The standard InChI is InChI=1S/C32H37N7O3/c1-20-3-2-4-21-13-24(40)14-25(27(20)21)28-33-15-26-29(35-28)36-31(37-30(26)39-16-22-5-6-23(17-39)34-22)42-19-32(7-8-32)18-38-9-11-41-12-10-38/h2-4,13-15,22-23,34,40H,5-12,16-19H2,1H3. The number of nitrogens with one attached hydrogen (secondary N) is 1. The minimum absolute atomic E-state index is 0.152. The molecule has 2 atom stereocenters. The van der Waals surface area contributed by atoms with E-state index in [1.54, 1.807) is 12.1 Å². The zero-order chi connectivity index (χ0) is 28.3. The second-order valence-corrected chi connectivity index (χ2v) is 12.6. The molecule has 3 aliphatic heterocycles. The summed E-state index contributed by atoms with van der Waals surface area (Å²) >= 11 is 0. The SMILES string of the molecule is Cc1cccc2cc(O)cc(-c3ncc4c(N5CC6CCC(C5)N6)nc(OCC5(CN6CCOCC6)CC5)nc4n3)c12. The molecule has 0 radical (unpaired) electrons. The number of piperazine rings is 1. The molecule has 2 bridgehead atoms. The number of morpholine rings is 1. The zero-order valence-corrected chi connectivity index (χ0v) is 24.1. The largest absolute Gasteiger partial charge is 0.508 e. The van der Waals surface area contributed by atoms with E-state index in [-0.39, 0.29) is 11.2 Å². The lowest BCUT2D eigenvalue weighted by Gasteiger charge is -2.34. The van der Waals surface area contributed by atoms with Gasteiger partial charge in [0.15, 0.2) is 11.5 Å². The van der Waals surface area contributed by atoms with Gasteiger partial charge in [-0.3, -0.25) is 4.90 Å². The number of phenolic OH excluding ortho intramolecular Hbond substituents is 1. The number of phenols is 1. The van der Waals surface area contributed by atoms with E-state index in [9.17, 15) is 5.11 Å². The number of aromatic nitrogens is 4. The molecule has 218 valence electrons. The highest BCUT2D eigenvalue weighted by Gasteiger charge is 2.45. The number of benzene rings is 2. The maximum atomic E-state index is 10.5. The second kappa shape index (κ2) is 10.3. The van der Waals surface area contributed by atoms with Crippen LogP contribution in [-0.4, -0.2) is 94.6 Å². The second-order valence-electron chi connectivity index (χ2n) is 12.6. The Morgan fingerprint density at radius 3 is 2.67 bits per heavy atom. The van der Waals surface area contributed by atoms with Gasteiger partial charge in [0.2, 0.25) is 0 Å². The number of fused-ring (bicyclic) bond motifs is 4. The average Bonchev–Trinajstić information content (AvgIpc) is 3.69. The molecule has 0 spiro atoms. The van der Waals surface area contributed by atoms with Gasteiger partial charge in [-0.25, -0.2) is 9.97 Å². The van der Waals surface area contributed by atoms with Crippen molar-refractivity contribution in [3.8, 4) is 23.1 Å². The molecule has 4 aliphatic rings. The summed E-state index contributed by atoms with van der Waals surface area (Å²) in [5, 5.41) is 17.1. The van der Waals surface area contributed by atoms with Crippen LogP contribution in [0.4, 0.5) is 5.82 Å². The van der Waals surface area contributed by atoms with E-state index >= 15 is 0 Å². The average molecular weight is 568 g/mol. The minimum Gasteiger partial charge on any atom is -0.508 e. The summed E-state index contributed by atoms with van der Waals surface area (Å²) in [5.74, 6) is 1.56. The fourth-order valence-corrected chi connectivity index (χ4v) is 7.04. The van der Waals surface area contributed by atoms with E-state index in [0.29, 0.717) is 36.2 Å². The molecule has 1 saturated carbocycles. The molecular formula is C32H37N7O3. The smallest absolute Gasteiger partial charge is 0.320 e. The van der Waals surface area contributed by atoms with Crippen LogP contribution < -0.4 is 15.0 Å². The van der Waals surface area contributed by atoms with Crippen molar-refractivity contribution in [1.29, 1.82) is 0 Å². The van der Waals surface area contributed by atoms with Crippen molar-refractivity contribution in [2.24, 2.45) is 5.41 Å². The van der Waals surface area contributed by atoms with Crippen LogP contribution in [0, 0.1) is 12.3 Å². The van der Waals surface area contributed by atoms with E-state index in [1.807, 2.05) is 18.3 Å². The van der Waals surface area contributed by atoms with Crippen LogP contribution in [0.25, 0.3) is 33.2 Å². The summed E-state index contributed by atoms with van der Waals surface area (Å²) in [6.07, 6.45) is 6.52. The molecule has 8 rings (SSSR count). The third-order valence-electron chi connectivity index (χ3n) is 9.47. The van der Waals surface area contributed by atoms with Gasteiger partial charge < -0.3 is 24.8 Å². The molecule has 4 aromatic rings. The Morgan fingerprint density at radius 2 is 1.88 bits per heavy atom. The van der Waals surface area contributed by atoms with Gasteiger partial charge in [0.1, 0.15) is 11.6 Å². The van der Waals surface area contributed by atoms with Crippen LogP contribution in [0.2, 0.25) is 0 Å². The van der Waals surface area contributed by atoms with Gasteiger partial charge in [0.05, 0.1) is 25.2 Å². The summed E-state index contributed by atoms with van der Waals surface area (Å²) in [6, 6.07) is 10.9. The van der Waals surface area contributed by atoms with Gasteiger partial charge in [-0.05, 0) is 61.1 Å². The molecule has 1 aliphatic carbocycles. The molecule has 3 saturated heterocycles. The molecule has 2 aromatic heterocycles. The first-order chi connectivity index (χ1) is 20.5. The molecule has 2 N–H and O–H groups in total. The van der Waals surface area contributed by atoms with E-state index in [4.69, 9.17) is 29.4 Å². The molecule has 4 fully saturated rings. The number of hydrogen-bond donors (Lipinski definition) is 2. The Morgan fingerprint density at radius 1 is 1.07 bits per heavy atom. The molecule has 10 nitrogen and oxygen atoms in total. The monoisotopic (exact) mass is 567 g/mol. The zero-order valence-electron chi connectivity index (χ0n) is 24.1. The van der Waals surface area contributed by atoms with E-state index in [0.717, 1.165) is 91.9 Å². The van der Waals surface area contributed by atoms with Gasteiger partial charge in [-0.15, -0.1) is 0 Å². The number of anilines is 1. The Hall–Kier alpha value is -3.60. The predicted molar refractivity (Wildman–Crippen MR) is 161 cm³/mol. The maximum absolute atomic E-state index is 10.5. The molecule has 2 aromatic carbocycles. The highest BCUT2D eigenvalue weighted by atomic mass is 16.5. The van der Waals surface area contributed by atoms with Gasteiger partial charge in [0.25, 0.3) is 0 Å². The number of rotatable bonds is 7. The van der Waals surface area contributed by atoms with Crippen molar-refractivity contribution >= 4 is 27.6 Å². The Kier molecular flexibility index (Phi) is 6.38. The van der Waals surface area contributed by atoms with Gasteiger partial charge in [-0.2, -0.15) is 9.97 Å². The Balaban J connectivity index is 1.17. The summed E-state index contributed by atoms with van der Waals surface area (Å²) in [6.45, 7) is 9.03. The van der Waals surface area contributed by atoms with Crippen molar-refractivity contribution in [2.45, 2.75) is 44.7 Å². The van der Waals surface area contributed by atoms with Crippen molar-refractivity contribution in [2.75, 3.05) is 57.4 Å². The molecule has 2 unspecified atom stereocenters. The lowest BCUT2D eigenvalue weighted by atomic mass is 9.99.